The van der Waals surface area contributed by atoms with Crippen molar-refractivity contribution in [3.63, 3.8) is 0 Å². The Morgan fingerprint density at radius 3 is 2.67 bits per heavy atom. The van der Waals surface area contributed by atoms with E-state index in [9.17, 15) is 4.39 Å². The molecule has 0 aliphatic heterocycles. The Labute approximate surface area is 130 Å². The van der Waals surface area contributed by atoms with Crippen LogP contribution in [0.3, 0.4) is 0 Å². The smallest absolute Gasteiger partial charge is 0.123 e. The standard InChI is InChI=1S/C18H20FNS/c1-2-20-18-16-6-4-3-5-13(16)7-12-17(18)21-15-10-8-14(19)9-11-15/h3-6,8-11,17-18,20H,2,7,12H2,1H3. The zero-order valence-electron chi connectivity index (χ0n) is 12.2. The van der Waals surface area contributed by atoms with Crippen LogP contribution in [0.4, 0.5) is 4.39 Å². The molecule has 0 aromatic heterocycles. The molecule has 2 aromatic carbocycles. The van der Waals surface area contributed by atoms with Gasteiger partial charge in [-0.1, -0.05) is 31.2 Å². The fraction of sp³-hybridized carbons (Fsp3) is 0.333. The van der Waals surface area contributed by atoms with E-state index < -0.39 is 0 Å². The van der Waals surface area contributed by atoms with Crippen LogP contribution in [0.25, 0.3) is 0 Å². The molecule has 2 unspecified atom stereocenters. The topological polar surface area (TPSA) is 12.0 Å². The Morgan fingerprint density at radius 2 is 1.90 bits per heavy atom. The highest BCUT2D eigenvalue weighted by molar-refractivity contribution is 8.00. The van der Waals surface area contributed by atoms with Crippen molar-refractivity contribution in [2.75, 3.05) is 6.54 Å². The van der Waals surface area contributed by atoms with Crippen molar-refractivity contribution in [3.8, 4) is 0 Å². The average Bonchev–Trinajstić information content (AvgIpc) is 2.52. The largest absolute Gasteiger partial charge is 0.309 e. The van der Waals surface area contributed by atoms with Gasteiger partial charge in [0, 0.05) is 16.2 Å². The van der Waals surface area contributed by atoms with Gasteiger partial charge in [0.25, 0.3) is 0 Å². The van der Waals surface area contributed by atoms with Gasteiger partial charge in [-0.3, -0.25) is 0 Å². The lowest BCUT2D eigenvalue weighted by molar-refractivity contribution is 0.484. The van der Waals surface area contributed by atoms with Crippen LogP contribution in [0.5, 0.6) is 0 Å². The molecule has 0 saturated carbocycles. The van der Waals surface area contributed by atoms with Gasteiger partial charge >= 0.3 is 0 Å². The molecule has 3 rings (SSSR count). The maximum absolute atomic E-state index is 13.0. The molecular formula is C18H20FNS. The Kier molecular flexibility index (Phi) is 4.61. The summed E-state index contributed by atoms with van der Waals surface area (Å²) in [6.45, 7) is 3.11. The Hall–Kier alpha value is -1.32. The molecule has 0 bridgehead atoms. The predicted molar refractivity (Wildman–Crippen MR) is 87.2 cm³/mol. The second kappa shape index (κ2) is 6.63. The van der Waals surface area contributed by atoms with Gasteiger partial charge in [0.05, 0.1) is 0 Å². The number of rotatable bonds is 4. The molecule has 3 heteroatoms. The molecule has 0 amide bonds. The van der Waals surface area contributed by atoms with Crippen molar-refractivity contribution >= 4 is 11.8 Å². The Bertz CT molecular complexity index is 596. The minimum absolute atomic E-state index is 0.170. The number of hydrogen-bond donors (Lipinski definition) is 1. The fourth-order valence-corrected chi connectivity index (χ4v) is 4.26. The van der Waals surface area contributed by atoms with E-state index >= 15 is 0 Å². The second-order valence-corrected chi connectivity index (χ2v) is 6.70. The number of fused-ring (bicyclic) bond motifs is 1. The fourth-order valence-electron chi connectivity index (χ4n) is 3.01. The SMILES string of the molecule is CCNC1c2ccccc2CCC1Sc1ccc(F)cc1. The monoisotopic (exact) mass is 301 g/mol. The maximum atomic E-state index is 13.0. The molecule has 0 spiro atoms. The molecule has 1 N–H and O–H groups in total. The van der Waals surface area contributed by atoms with Crippen LogP contribution in [-0.4, -0.2) is 11.8 Å². The number of aryl methyl sites for hydroxylation is 1. The summed E-state index contributed by atoms with van der Waals surface area (Å²) in [5.41, 5.74) is 2.88. The van der Waals surface area contributed by atoms with E-state index in [4.69, 9.17) is 0 Å². The Balaban J connectivity index is 1.83. The highest BCUT2D eigenvalue weighted by atomic mass is 32.2. The molecule has 1 aliphatic carbocycles. The number of halogens is 1. The summed E-state index contributed by atoms with van der Waals surface area (Å²) in [5.74, 6) is -0.170. The highest BCUT2D eigenvalue weighted by Crippen LogP contribution is 2.40. The van der Waals surface area contributed by atoms with Crippen molar-refractivity contribution in [2.24, 2.45) is 0 Å². The summed E-state index contributed by atoms with van der Waals surface area (Å²) < 4.78 is 13.0. The molecule has 0 radical (unpaired) electrons. The third-order valence-corrected chi connectivity index (χ3v) is 5.34. The van der Waals surface area contributed by atoms with Gasteiger partial charge in [0.1, 0.15) is 5.82 Å². The van der Waals surface area contributed by atoms with Crippen molar-refractivity contribution < 1.29 is 4.39 Å². The van der Waals surface area contributed by atoms with Gasteiger partial charge in [-0.25, -0.2) is 4.39 Å². The second-order valence-electron chi connectivity index (χ2n) is 5.38. The number of nitrogens with one attached hydrogen (secondary N) is 1. The van der Waals surface area contributed by atoms with Gasteiger partial charge in [-0.15, -0.1) is 11.8 Å². The molecule has 110 valence electrons. The number of thioether (sulfide) groups is 1. The Morgan fingerprint density at radius 1 is 1.14 bits per heavy atom. The van der Waals surface area contributed by atoms with Gasteiger partial charge < -0.3 is 5.32 Å². The maximum Gasteiger partial charge on any atom is 0.123 e. The third kappa shape index (κ3) is 3.30. The zero-order chi connectivity index (χ0) is 14.7. The minimum atomic E-state index is -0.170. The highest BCUT2D eigenvalue weighted by Gasteiger charge is 2.29. The van der Waals surface area contributed by atoms with E-state index in [1.54, 1.807) is 12.1 Å². The van der Waals surface area contributed by atoms with Crippen LogP contribution >= 0.6 is 11.8 Å². The lowest BCUT2D eigenvalue weighted by atomic mass is 9.87. The van der Waals surface area contributed by atoms with E-state index in [0.717, 1.165) is 24.3 Å². The van der Waals surface area contributed by atoms with Crippen molar-refractivity contribution in [1.29, 1.82) is 0 Å². The molecule has 2 atom stereocenters. The molecule has 21 heavy (non-hydrogen) atoms. The summed E-state index contributed by atoms with van der Waals surface area (Å²) in [6, 6.07) is 15.9. The number of benzene rings is 2. The van der Waals surface area contributed by atoms with Crippen LogP contribution < -0.4 is 5.32 Å². The third-order valence-electron chi connectivity index (χ3n) is 3.99. The van der Waals surface area contributed by atoms with Crippen LogP contribution in [0.15, 0.2) is 53.4 Å². The summed E-state index contributed by atoms with van der Waals surface area (Å²) in [7, 11) is 0. The zero-order valence-corrected chi connectivity index (χ0v) is 13.0. The van der Waals surface area contributed by atoms with Crippen LogP contribution in [-0.2, 0) is 6.42 Å². The van der Waals surface area contributed by atoms with Gasteiger partial charge in [-0.2, -0.15) is 0 Å². The molecule has 0 fully saturated rings. The molecule has 0 saturated heterocycles. The first-order chi connectivity index (χ1) is 10.3. The molecule has 2 aromatic rings. The molecule has 1 aliphatic rings. The van der Waals surface area contributed by atoms with E-state index in [-0.39, 0.29) is 5.82 Å². The molecule has 0 heterocycles. The summed E-state index contributed by atoms with van der Waals surface area (Å²) in [6.07, 6.45) is 2.27. The van der Waals surface area contributed by atoms with Gasteiger partial charge in [0.2, 0.25) is 0 Å². The first-order valence-corrected chi connectivity index (χ1v) is 8.39. The average molecular weight is 301 g/mol. The first-order valence-electron chi connectivity index (χ1n) is 7.51. The van der Waals surface area contributed by atoms with Crippen LogP contribution in [0.1, 0.15) is 30.5 Å². The van der Waals surface area contributed by atoms with Gasteiger partial charge in [-0.05, 0) is 54.8 Å². The lowest BCUT2D eigenvalue weighted by Crippen LogP contribution is -2.34. The van der Waals surface area contributed by atoms with Crippen molar-refractivity contribution in [3.05, 3.63) is 65.5 Å². The van der Waals surface area contributed by atoms with E-state index in [2.05, 4.69) is 36.5 Å². The lowest BCUT2D eigenvalue weighted by Gasteiger charge is -2.34. The number of hydrogen-bond acceptors (Lipinski definition) is 2. The van der Waals surface area contributed by atoms with Crippen molar-refractivity contribution in [1.82, 2.24) is 5.32 Å². The summed E-state index contributed by atoms with van der Waals surface area (Å²) in [5, 5.41) is 4.12. The van der Waals surface area contributed by atoms with Crippen LogP contribution in [0, 0.1) is 5.82 Å². The normalized spacial score (nSPS) is 21.0. The van der Waals surface area contributed by atoms with E-state index in [0.29, 0.717) is 11.3 Å². The summed E-state index contributed by atoms with van der Waals surface area (Å²) in [4.78, 5) is 1.14. The predicted octanol–water partition coefficient (Wildman–Crippen LogP) is 4.58. The quantitative estimate of drug-likeness (QED) is 0.887. The van der Waals surface area contributed by atoms with E-state index in [1.807, 2.05) is 23.9 Å². The van der Waals surface area contributed by atoms with Crippen LogP contribution in [0.2, 0.25) is 0 Å². The van der Waals surface area contributed by atoms with Crippen molar-refractivity contribution in [2.45, 2.75) is 36.0 Å². The van der Waals surface area contributed by atoms with Gasteiger partial charge in [0.15, 0.2) is 0 Å². The van der Waals surface area contributed by atoms with E-state index in [1.165, 1.54) is 11.1 Å². The molecular weight excluding hydrogens is 281 g/mol. The summed E-state index contributed by atoms with van der Waals surface area (Å²) >= 11 is 1.86. The first kappa shape index (κ1) is 14.6. The molecule has 1 nitrogen and oxygen atoms in total. The minimum Gasteiger partial charge on any atom is -0.309 e.